The topological polar surface area (TPSA) is 52.0 Å². The molecule has 0 bridgehead atoms. The van der Waals surface area contributed by atoms with Crippen molar-refractivity contribution in [3.8, 4) is 0 Å². The number of rotatable bonds is 3. The van der Waals surface area contributed by atoms with E-state index in [-0.39, 0.29) is 0 Å². The van der Waals surface area contributed by atoms with Crippen molar-refractivity contribution in [2.24, 2.45) is 0 Å². The van der Waals surface area contributed by atoms with E-state index in [2.05, 4.69) is 20.1 Å². The molecular formula is C11H18N4O. The van der Waals surface area contributed by atoms with E-state index < -0.39 is 0 Å². The van der Waals surface area contributed by atoms with E-state index in [1.165, 1.54) is 12.8 Å². The molecule has 1 saturated heterocycles. The summed E-state index contributed by atoms with van der Waals surface area (Å²) in [6.07, 6.45) is 3.86. The molecule has 1 aromatic rings. The number of methoxy groups -OCH3 is 1. The fraction of sp³-hybridized carbons (Fsp3) is 0.818. The quantitative estimate of drug-likeness (QED) is 0.828. The highest BCUT2D eigenvalue weighted by molar-refractivity contribution is 5.08. The molecular weight excluding hydrogens is 204 g/mol. The SMILES string of the molecule is COC1CNC(c2nnc(C)n2C2CC2)C1. The molecule has 2 unspecified atom stereocenters. The average Bonchev–Trinajstić information content (AvgIpc) is 2.88. The molecule has 2 fully saturated rings. The van der Waals surface area contributed by atoms with Crippen LogP contribution in [0.2, 0.25) is 0 Å². The maximum absolute atomic E-state index is 5.37. The van der Waals surface area contributed by atoms with Crippen molar-refractivity contribution in [3.05, 3.63) is 11.6 Å². The number of nitrogens with one attached hydrogen (secondary N) is 1. The van der Waals surface area contributed by atoms with E-state index >= 15 is 0 Å². The molecule has 16 heavy (non-hydrogen) atoms. The Kier molecular flexibility index (Phi) is 2.44. The molecule has 5 heteroatoms. The molecule has 2 aliphatic rings. The average molecular weight is 222 g/mol. The summed E-state index contributed by atoms with van der Waals surface area (Å²) in [5.41, 5.74) is 0. The molecule has 0 aromatic carbocycles. The standard InChI is InChI=1S/C11H18N4O/c1-7-13-14-11(15(7)8-3-4-8)10-5-9(16-2)6-12-10/h8-10,12H,3-6H2,1-2H3. The highest BCUT2D eigenvalue weighted by Crippen LogP contribution is 2.38. The Morgan fingerprint density at radius 3 is 2.81 bits per heavy atom. The summed E-state index contributed by atoms with van der Waals surface area (Å²) in [4.78, 5) is 0. The third-order valence-corrected chi connectivity index (χ3v) is 3.54. The smallest absolute Gasteiger partial charge is 0.150 e. The van der Waals surface area contributed by atoms with Crippen molar-refractivity contribution in [3.63, 3.8) is 0 Å². The Morgan fingerprint density at radius 2 is 2.19 bits per heavy atom. The van der Waals surface area contributed by atoms with Gasteiger partial charge in [-0.05, 0) is 26.2 Å². The maximum atomic E-state index is 5.37. The zero-order valence-corrected chi connectivity index (χ0v) is 9.81. The number of hydrogen-bond acceptors (Lipinski definition) is 4. The minimum atomic E-state index is 0.312. The summed E-state index contributed by atoms with van der Waals surface area (Å²) in [5.74, 6) is 2.14. The first-order valence-corrected chi connectivity index (χ1v) is 5.97. The van der Waals surface area contributed by atoms with E-state index in [0.717, 1.165) is 24.6 Å². The first-order valence-electron chi connectivity index (χ1n) is 5.97. The monoisotopic (exact) mass is 222 g/mol. The number of aromatic nitrogens is 3. The maximum Gasteiger partial charge on any atom is 0.150 e. The van der Waals surface area contributed by atoms with Gasteiger partial charge in [-0.25, -0.2) is 0 Å². The van der Waals surface area contributed by atoms with Crippen LogP contribution in [0.1, 0.15) is 43.0 Å². The van der Waals surface area contributed by atoms with Gasteiger partial charge in [0.15, 0.2) is 5.82 Å². The number of ether oxygens (including phenoxy) is 1. The predicted molar refractivity (Wildman–Crippen MR) is 59.2 cm³/mol. The van der Waals surface area contributed by atoms with Gasteiger partial charge in [0.25, 0.3) is 0 Å². The fourth-order valence-corrected chi connectivity index (χ4v) is 2.49. The van der Waals surface area contributed by atoms with Crippen LogP contribution in [0.5, 0.6) is 0 Å². The number of aryl methyl sites for hydroxylation is 1. The molecule has 3 rings (SSSR count). The molecule has 1 aliphatic heterocycles. The lowest BCUT2D eigenvalue weighted by atomic mass is 10.2. The molecule has 1 aliphatic carbocycles. The van der Waals surface area contributed by atoms with Crippen LogP contribution in [0, 0.1) is 6.92 Å². The third kappa shape index (κ3) is 1.64. The molecule has 0 radical (unpaired) electrons. The van der Waals surface area contributed by atoms with Crippen molar-refractivity contribution >= 4 is 0 Å². The van der Waals surface area contributed by atoms with Gasteiger partial charge in [-0.3, -0.25) is 0 Å². The molecule has 1 saturated carbocycles. The lowest BCUT2D eigenvalue weighted by Gasteiger charge is -2.12. The largest absolute Gasteiger partial charge is 0.380 e. The van der Waals surface area contributed by atoms with Gasteiger partial charge in [0.2, 0.25) is 0 Å². The highest BCUT2D eigenvalue weighted by Gasteiger charge is 2.34. The molecule has 88 valence electrons. The van der Waals surface area contributed by atoms with E-state index in [0.29, 0.717) is 18.2 Å². The van der Waals surface area contributed by atoms with E-state index in [9.17, 15) is 0 Å². The summed E-state index contributed by atoms with van der Waals surface area (Å²) in [6.45, 7) is 2.95. The van der Waals surface area contributed by atoms with E-state index in [4.69, 9.17) is 4.74 Å². The third-order valence-electron chi connectivity index (χ3n) is 3.54. The van der Waals surface area contributed by atoms with Gasteiger partial charge in [-0.2, -0.15) is 0 Å². The Hall–Kier alpha value is -0.940. The van der Waals surface area contributed by atoms with Gasteiger partial charge in [-0.15, -0.1) is 10.2 Å². The van der Waals surface area contributed by atoms with Gasteiger partial charge in [0, 0.05) is 19.7 Å². The van der Waals surface area contributed by atoms with Crippen molar-refractivity contribution < 1.29 is 4.74 Å². The van der Waals surface area contributed by atoms with Gasteiger partial charge in [-0.1, -0.05) is 0 Å². The minimum absolute atomic E-state index is 0.312. The second-order valence-corrected chi connectivity index (χ2v) is 4.76. The van der Waals surface area contributed by atoms with Crippen LogP contribution in [-0.4, -0.2) is 34.5 Å². The normalized spacial score (nSPS) is 29.9. The molecule has 0 amide bonds. The molecule has 1 aromatic heterocycles. The van der Waals surface area contributed by atoms with Crippen LogP contribution in [-0.2, 0) is 4.74 Å². The van der Waals surface area contributed by atoms with Crippen LogP contribution in [0.15, 0.2) is 0 Å². The van der Waals surface area contributed by atoms with E-state index in [1.807, 2.05) is 6.92 Å². The Morgan fingerprint density at radius 1 is 1.38 bits per heavy atom. The second kappa shape index (κ2) is 3.82. The summed E-state index contributed by atoms with van der Waals surface area (Å²) in [7, 11) is 1.77. The second-order valence-electron chi connectivity index (χ2n) is 4.76. The number of nitrogens with zero attached hydrogens (tertiary/aromatic N) is 3. The summed E-state index contributed by atoms with van der Waals surface area (Å²) in [6, 6.07) is 0.958. The van der Waals surface area contributed by atoms with Gasteiger partial charge in [0.1, 0.15) is 5.82 Å². The van der Waals surface area contributed by atoms with Crippen molar-refractivity contribution in [2.75, 3.05) is 13.7 Å². The van der Waals surface area contributed by atoms with Gasteiger partial charge >= 0.3 is 0 Å². The van der Waals surface area contributed by atoms with Crippen LogP contribution >= 0.6 is 0 Å². The molecule has 1 N–H and O–H groups in total. The van der Waals surface area contributed by atoms with Crippen LogP contribution in [0.3, 0.4) is 0 Å². The summed E-state index contributed by atoms with van der Waals surface area (Å²) < 4.78 is 7.67. The van der Waals surface area contributed by atoms with Crippen LogP contribution < -0.4 is 5.32 Å². The first kappa shape index (κ1) is 10.2. The molecule has 5 nitrogen and oxygen atoms in total. The van der Waals surface area contributed by atoms with Crippen molar-refractivity contribution in [2.45, 2.75) is 44.4 Å². The lowest BCUT2D eigenvalue weighted by molar-refractivity contribution is 0.117. The summed E-state index contributed by atoms with van der Waals surface area (Å²) in [5, 5.41) is 12.0. The van der Waals surface area contributed by atoms with Crippen molar-refractivity contribution in [1.82, 2.24) is 20.1 Å². The first-order chi connectivity index (χ1) is 7.79. The fourth-order valence-electron chi connectivity index (χ4n) is 2.49. The molecule has 0 spiro atoms. The Bertz CT molecular complexity index is 385. The highest BCUT2D eigenvalue weighted by atomic mass is 16.5. The minimum Gasteiger partial charge on any atom is -0.380 e. The Balaban J connectivity index is 1.83. The van der Waals surface area contributed by atoms with Gasteiger partial charge in [0.05, 0.1) is 12.1 Å². The van der Waals surface area contributed by atoms with Gasteiger partial charge < -0.3 is 14.6 Å². The lowest BCUT2D eigenvalue weighted by Crippen LogP contribution is -2.19. The Labute approximate surface area is 95.2 Å². The van der Waals surface area contributed by atoms with Crippen LogP contribution in [0.25, 0.3) is 0 Å². The zero-order valence-electron chi connectivity index (χ0n) is 9.81. The summed E-state index contributed by atoms with van der Waals surface area (Å²) >= 11 is 0. The zero-order chi connectivity index (χ0) is 11.1. The number of hydrogen-bond donors (Lipinski definition) is 1. The predicted octanol–water partition coefficient (Wildman–Crippen LogP) is 0.971. The molecule has 2 atom stereocenters. The van der Waals surface area contributed by atoms with E-state index in [1.54, 1.807) is 7.11 Å². The molecule has 2 heterocycles. The van der Waals surface area contributed by atoms with Crippen LogP contribution in [0.4, 0.5) is 0 Å². The van der Waals surface area contributed by atoms with Crippen molar-refractivity contribution in [1.29, 1.82) is 0 Å².